The molecule has 0 aliphatic rings. The molecular formula is C17H15Br3O5S. The Hall–Kier alpha value is -0.740. The first-order valence-electron chi connectivity index (χ1n) is 7.40. The molecule has 5 nitrogen and oxygen atoms in total. The molecule has 0 radical (unpaired) electrons. The van der Waals surface area contributed by atoms with Crippen LogP contribution in [-0.4, -0.2) is 18.9 Å². The Balaban J connectivity index is 2.51. The maximum absolute atomic E-state index is 12.6. The lowest BCUT2D eigenvalue weighted by Crippen LogP contribution is -2.12. The number of halogens is 3. The van der Waals surface area contributed by atoms with Gasteiger partial charge in [0.05, 0.1) is 10.5 Å². The van der Waals surface area contributed by atoms with Crippen LogP contribution in [0.3, 0.4) is 0 Å². The van der Waals surface area contributed by atoms with E-state index in [0.717, 1.165) is 0 Å². The highest BCUT2D eigenvalue weighted by Crippen LogP contribution is 2.34. The molecular weight excluding hydrogens is 556 g/mol. The van der Waals surface area contributed by atoms with Crippen molar-refractivity contribution in [2.75, 3.05) is 0 Å². The molecule has 9 heteroatoms. The van der Waals surface area contributed by atoms with E-state index >= 15 is 0 Å². The van der Waals surface area contributed by atoms with Crippen LogP contribution in [0.2, 0.25) is 0 Å². The first-order chi connectivity index (χ1) is 11.9. The first-order valence-corrected chi connectivity index (χ1v) is 11.2. The van der Waals surface area contributed by atoms with Crippen molar-refractivity contribution >= 4 is 63.9 Å². The van der Waals surface area contributed by atoms with Crippen LogP contribution in [0.5, 0.6) is 5.75 Å². The Bertz CT molecular complexity index is 984. The van der Waals surface area contributed by atoms with Crippen molar-refractivity contribution in [2.24, 2.45) is 0 Å². The summed E-state index contributed by atoms with van der Waals surface area (Å²) in [6.07, 6.45) is 0. The van der Waals surface area contributed by atoms with Crippen LogP contribution in [0, 0.1) is 6.92 Å². The third-order valence-corrected chi connectivity index (χ3v) is 7.00. The molecule has 2 rings (SSSR count). The second-order valence-corrected chi connectivity index (χ2v) is 9.88. The Morgan fingerprint density at radius 2 is 1.73 bits per heavy atom. The molecule has 0 spiro atoms. The predicted octanol–water partition coefficient (Wildman–Crippen LogP) is 5.87. The van der Waals surface area contributed by atoms with Gasteiger partial charge in [-0.15, -0.1) is 0 Å². The number of benzene rings is 2. The third-order valence-electron chi connectivity index (χ3n) is 3.62. The van der Waals surface area contributed by atoms with Crippen molar-refractivity contribution in [3.8, 4) is 5.75 Å². The van der Waals surface area contributed by atoms with Crippen molar-refractivity contribution < 1.29 is 22.5 Å². The third kappa shape index (κ3) is 4.75. The van der Waals surface area contributed by atoms with Gasteiger partial charge in [0.15, 0.2) is 0 Å². The number of carbonyl (C=O) groups is 1. The van der Waals surface area contributed by atoms with Crippen LogP contribution >= 0.6 is 47.8 Å². The quantitative estimate of drug-likeness (QED) is 0.215. The van der Waals surface area contributed by atoms with Crippen LogP contribution in [0.25, 0.3) is 0 Å². The van der Waals surface area contributed by atoms with Crippen molar-refractivity contribution in [3.05, 3.63) is 54.4 Å². The Morgan fingerprint density at radius 1 is 1.12 bits per heavy atom. The Morgan fingerprint density at radius 3 is 2.27 bits per heavy atom. The van der Waals surface area contributed by atoms with E-state index in [1.54, 1.807) is 32.9 Å². The monoisotopic (exact) mass is 568 g/mol. The molecule has 0 atom stereocenters. The zero-order chi connectivity index (χ0) is 19.8. The molecule has 0 saturated heterocycles. The molecule has 0 heterocycles. The van der Waals surface area contributed by atoms with Gasteiger partial charge in [-0.1, -0.05) is 29.8 Å². The van der Waals surface area contributed by atoms with Gasteiger partial charge >= 0.3 is 5.97 Å². The second-order valence-electron chi connectivity index (χ2n) is 5.92. The van der Waals surface area contributed by atoms with Gasteiger partial charge in [-0.3, -0.25) is 4.55 Å². The summed E-state index contributed by atoms with van der Waals surface area (Å²) in [5, 5.41) is 0. The van der Waals surface area contributed by atoms with Crippen molar-refractivity contribution in [3.63, 3.8) is 0 Å². The number of rotatable bonds is 4. The lowest BCUT2D eigenvalue weighted by molar-refractivity contribution is 0.0732. The molecule has 0 aromatic heterocycles. The number of aryl methyl sites for hydroxylation is 1. The van der Waals surface area contributed by atoms with Gasteiger partial charge < -0.3 is 4.74 Å². The van der Waals surface area contributed by atoms with Crippen LogP contribution < -0.4 is 4.74 Å². The summed E-state index contributed by atoms with van der Waals surface area (Å²) in [5.41, 5.74) is 1.09. The smallest absolute Gasteiger partial charge is 0.344 e. The molecule has 2 aromatic rings. The van der Waals surface area contributed by atoms with E-state index in [1.165, 1.54) is 12.1 Å². The number of hydrogen-bond donors (Lipinski definition) is 1. The topological polar surface area (TPSA) is 80.7 Å². The van der Waals surface area contributed by atoms with Gasteiger partial charge in [-0.05, 0) is 80.1 Å². The minimum Gasteiger partial charge on any atom is -0.423 e. The normalized spacial score (nSPS) is 11.7. The standard InChI is InChI=1S/C17H15Br3O5S/c1-8(2)11-7-14(9(3)4-15(11)26(22,23)24)25-17(21)12-5-10(18)6-13(19)16(12)20/h4-8H,1-3H3,(H,22,23,24). The molecule has 0 amide bonds. The summed E-state index contributed by atoms with van der Waals surface area (Å²) < 4.78 is 40.1. The molecule has 0 saturated carbocycles. The Kier molecular flexibility index (Phi) is 6.71. The molecule has 140 valence electrons. The number of ether oxygens (including phenoxy) is 1. The van der Waals surface area contributed by atoms with Gasteiger partial charge in [0, 0.05) is 13.4 Å². The molecule has 0 bridgehead atoms. The average molecular weight is 571 g/mol. The van der Waals surface area contributed by atoms with E-state index in [-0.39, 0.29) is 16.6 Å². The maximum atomic E-state index is 12.6. The number of carbonyl (C=O) groups excluding carboxylic acids is 1. The van der Waals surface area contributed by atoms with Gasteiger partial charge in [-0.25, -0.2) is 4.79 Å². The molecule has 0 aliphatic heterocycles. The predicted molar refractivity (Wildman–Crippen MR) is 110 cm³/mol. The molecule has 1 N–H and O–H groups in total. The van der Waals surface area contributed by atoms with E-state index in [2.05, 4.69) is 47.8 Å². The van der Waals surface area contributed by atoms with Crippen molar-refractivity contribution in [1.82, 2.24) is 0 Å². The van der Waals surface area contributed by atoms with Crippen LogP contribution in [0.15, 0.2) is 42.6 Å². The lowest BCUT2D eigenvalue weighted by Gasteiger charge is -2.16. The van der Waals surface area contributed by atoms with Gasteiger partial charge in [0.1, 0.15) is 5.75 Å². The average Bonchev–Trinajstić information content (AvgIpc) is 2.51. The van der Waals surface area contributed by atoms with Crippen LogP contribution in [0.1, 0.15) is 41.3 Å². The van der Waals surface area contributed by atoms with Gasteiger partial charge in [0.25, 0.3) is 10.1 Å². The van der Waals surface area contributed by atoms with E-state index in [1.807, 2.05) is 0 Å². The molecule has 26 heavy (non-hydrogen) atoms. The summed E-state index contributed by atoms with van der Waals surface area (Å²) in [7, 11) is -4.38. The van der Waals surface area contributed by atoms with E-state index in [9.17, 15) is 17.8 Å². The number of hydrogen-bond acceptors (Lipinski definition) is 4. The summed E-state index contributed by atoms with van der Waals surface area (Å²) in [6, 6.07) is 6.17. The van der Waals surface area contributed by atoms with E-state index in [0.29, 0.717) is 30.1 Å². The summed E-state index contributed by atoms with van der Waals surface area (Å²) in [5.74, 6) is -0.567. The van der Waals surface area contributed by atoms with Crippen molar-refractivity contribution in [1.29, 1.82) is 0 Å². The lowest BCUT2D eigenvalue weighted by atomic mass is 10.0. The van der Waals surface area contributed by atoms with Crippen LogP contribution in [-0.2, 0) is 10.1 Å². The zero-order valence-electron chi connectivity index (χ0n) is 14.0. The minimum absolute atomic E-state index is 0.184. The fourth-order valence-electron chi connectivity index (χ4n) is 2.32. The summed E-state index contributed by atoms with van der Waals surface area (Å²) in [6.45, 7) is 5.17. The highest BCUT2D eigenvalue weighted by Gasteiger charge is 2.22. The fourth-order valence-corrected chi connectivity index (χ4v) is 4.86. The molecule has 2 aromatic carbocycles. The fraction of sp³-hybridized carbons (Fsp3) is 0.235. The maximum Gasteiger partial charge on any atom is 0.344 e. The van der Waals surface area contributed by atoms with Gasteiger partial charge in [0.2, 0.25) is 0 Å². The molecule has 0 fully saturated rings. The summed E-state index contributed by atoms with van der Waals surface area (Å²) in [4.78, 5) is 12.4. The SMILES string of the molecule is Cc1cc(S(=O)(=O)O)c(C(C)C)cc1OC(=O)c1cc(Br)cc(Br)c1Br. The van der Waals surface area contributed by atoms with Gasteiger partial charge in [-0.2, -0.15) is 8.42 Å². The second kappa shape index (κ2) is 8.10. The molecule has 0 unspecified atom stereocenters. The van der Waals surface area contributed by atoms with Crippen molar-refractivity contribution in [2.45, 2.75) is 31.6 Å². The highest BCUT2D eigenvalue weighted by molar-refractivity contribution is 9.13. The molecule has 0 aliphatic carbocycles. The highest BCUT2D eigenvalue weighted by atomic mass is 79.9. The van der Waals surface area contributed by atoms with E-state index in [4.69, 9.17) is 4.74 Å². The summed E-state index contributed by atoms with van der Waals surface area (Å²) >= 11 is 10.0. The largest absolute Gasteiger partial charge is 0.423 e. The zero-order valence-corrected chi connectivity index (χ0v) is 19.6. The first kappa shape index (κ1) is 21.6. The number of esters is 1. The minimum atomic E-state index is -4.38. The van der Waals surface area contributed by atoms with E-state index < -0.39 is 16.1 Å². The van der Waals surface area contributed by atoms with Crippen LogP contribution in [0.4, 0.5) is 0 Å². The Labute approximate surface area is 177 Å².